The van der Waals surface area contributed by atoms with E-state index in [1.165, 1.54) is 36.9 Å². The van der Waals surface area contributed by atoms with Crippen molar-refractivity contribution in [3.05, 3.63) is 101 Å². The van der Waals surface area contributed by atoms with E-state index in [1.54, 1.807) is 30.3 Å². The van der Waals surface area contributed by atoms with Crippen molar-refractivity contribution in [3.8, 4) is 0 Å². The third-order valence-electron chi connectivity index (χ3n) is 5.07. The molecule has 1 N–H and O–H groups in total. The number of hydrogen-bond acceptors (Lipinski definition) is 3. The first-order chi connectivity index (χ1) is 15.9. The molecule has 0 aromatic heterocycles. The molecule has 3 aromatic rings. The summed E-state index contributed by atoms with van der Waals surface area (Å²) in [5.41, 5.74) is 2.96. The average molecular weight is 467 g/mol. The molecule has 1 aliphatic rings. The van der Waals surface area contributed by atoms with Crippen LogP contribution < -0.4 is 5.32 Å². The van der Waals surface area contributed by atoms with E-state index in [0.29, 0.717) is 22.5 Å². The van der Waals surface area contributed by atoms with Crippen LogP contribution in [0.1, 0.15) is 34.8 Å². The number of hydrogen-bond donors (Lipinski definition) is 1. The van der Waals surface area contributed by atoms with E-state index in [-0.39, 0.29) is 12.4 Å². The maximum atomic E-state index is 13.9. The van der Waals surface area contributed by atoms with E-state index in [4.69, 9.17) is 4.99 Å². The Balaban J connectivity index is 1.66. The Morgan fingerprint density at radius 2 is 1.88 bits per heavy atom. The zero-order valence-electron chi connectivity index (χ0n) is 17.8. The van der Waals surface area contributed by atoms with Gasteiger partial charge in [-0.25, -0.2) is 18.2 Å². The van der Waals surface area contributed by atoms with E-state index in [0.717, 1.165) is 21.4 Å². The van der Waals surface area contributed by atoms with Crippen molar-refractivity contribution >= 4 is 29.1 Å². The van der Waals surface area contributed by atoms with Crippen LogP contribution in [0.15, 0.2) is 93.7 Å². The summed E-state index contributed by atoms with van der Waals surface area (Å²) in [5, 5.41) is 2.55. The molecule has 0 saturated heterocycles. The summed E-state index contributed by atoms with van der Waals surface area (Å²) in [6.45, 7) is 1.36. The molecule has 168 valence electrons. The monoisotopic (exact) mass is 466 g/mol. The van der Waals surface area contributed by atoms with E-state index >= 15 is 0 Å². The van der Waals surface area contributed by atoms with Gasteiger partial charge in [-0.05, 0) is 49.4 Å². The Kier molecular flexibility index (Phi) is 6.70. The smallest absolute Gasteiger partial charge is 0.268 e. The average Bonchev–Trinajstić information content (AvgIpc) is 2.95. The van der Waals surface area contributed by atoms with Gasteiger partial charge in [-0.3, -0.25) is 4.79 Å². The zero-order chi connectivity index (χ0) is 23.4. The highest BCUT2D eigenvalue weighted by Crippen LogP contribution is 2.41. The molecule has 3 nitrogen and oxygen atoms in total. The lowest BCUT2D eigenvalue weighted by Crippen LogP contribution is -2.28. The standard InChI is InChI=1S/C26H21F3N2OS/c1-2-12-26(28,29)13-14-30-25(32)18-10-11-23-21(16-18)31-24(17-6-5-7-19(27)15-17)20-8-3-4-9-22(20)33-23/h2-12,15-16H,13-14H2,1H3,(H,30,32)/b12-2+. The first-order valence-corrected chi connectivity index (χ1v) is 11.2. The molecule has 1 amide bonds. The molecule has 0 atom stereocenters. The third-order valence-corrected chi connectivity index (χ3v) is 6.21. The Morgan fingerprint density at radius 1 is 1.06 bits per heavy atom. The Labute approximate surface area is 194 Å². The van der Waals surface area contributed by atoms with Gasteiger partial charge < -0.3 is 5.32 Å². The van der Waals surface area contributed by atoms with Crippen LogP contribution in [0.4, 0.5) is 18.9 Å². The molecule has 0 bridgehead atoms. The summed E-state index contributed by atoms with van der Waals surface area (Å²) in [6.07, 6.45) is 1.62. The molecule has 0 unspecified atom stereocenters. The van der Waals surface area contributed by atoms with Crippen LogP contribution in [0, 0.1) is 5.82 Å². The molecule has 0 spiro atoms. The highest BCUT2D eigenvalue weighted by atomic mass is 32.2. The minimum Gasteiger partial charge on any atom is -0.352 e. The fourth-order valence-electron chi connectivity index (χ4n) is 3.51. The van der Waals surface area contributed by atoms with E-state index in [2.05, 4.69) is 5.32 Å². The number of amides is 1. The maximum Gasteiger partial charge on any atom is 0.268 e. The molecule has 0 aliphatic carbocycles. The van der Waals surface area contributed by atoms with Crippen molar-refractivity contribution in [2.75, 3.05) is 6.54 Å². The van der Waals surface area contributed by atoms with Crippen LogP contribution in [0.3, 0.4) is 0 Å². The molecule has 1 aliphatic heterocycles. The number of benzene rings is 3. The number of fused-ring (bicyclic) bond motifs is 2. The van der Waals surface area contributed by atoms with Gasteiger partial charge in [0, 0.05) is 39.4 Å². The van der Waals surface area contributed by atoms with E-state index in [9.17, 15) is 18.0 Å². The Bertz CT molecular complexity index is 1250. The third kappa shape index (κ3) is 5.37. The van der Waals surface area contributed by atoms with Gasteiger partial charge in [-0.2, -0.15) is 0 Å². The molecule has 1 heterocycles. The first-order valence-electron chi connectivity index (χ1n) is 10.4. The summed E-state index contributed by atoms with van der Waals surface area (Å²) >= 11 is 1.51. The van der Waals surface area contributed by atoms with Gasteiger partial charge in [0.15, 0.2) is 0 Å². The fraction of sp³-hybridized carbons (Fsp3) is 0.154. The molecular weight excluding hydrogens is 445 g/mol. The minimum absolute atomic E-state index is 0.161. The summed E-state index contributed by atoms with van der Waals surface area (Å²) in [7, 11) is 0. The summed E-state index contributed by atoms with van der Waals surface area (Å²) in [6, 6.07) is 19.0. The number of halogens is 3. The predicted octanol–water partition coefficient (Wildman–Crippen LogP) is 6.79. The van der Waals surface area contributed by atoms with Crippen molar-refractivity contribution in [2.24, 2.45) is 4.99 Å². The molecule has 7 heteroatoms. The quantitative estimate of drug-likeness (QED) is 0.318. The number of alkyl halides is 2. The SMILES string of the molecule is C/C=C/C(F)(F)CCNC(=O)c1ccc2c(c1)N=C(c1cccc(F)c1)c1ccccc1S2. The largest absolute Gasteiger partial charge is 0.352 e. The van der Waals surface area contributed by atoms with Gasteiger partial charge in [-0.1, -0.05) is 48.2 Å². The molecule has 0 fully saturated rings. The van der Waals surface area contributed by atoms with Gasteiger partial charge in [0.1, 0.15) is 5.82 Å². The second-order valence-electron chi connectivity index (χ2n) is 7.52. The summed E-state index contributed by atoms with van der Waals surface area (Å²) < 4.78 is 41.2. The van der Waals surface area contributed by atoms with E-state index < -0.39 is 18.3 Å². The van der Waals surface area contributed by atoms with Crippen LogP contribution in [0.2, 0.25) is 0 Å². The van der Waals surface area contributed by atoms with Gasteiger partial charge in [0.25, 0.3) is 11.8 Å². The minimum atomic E-state index is -2.97. The number of nitrogens with zero attached hydrogens (tertiary/aromatic N) is 1. The first kappa shape index (κ1) is 22.9. The number of carbonyl (C=O) groups excluding carboxylic acids is 1. The van der Waals surface area contributed by atoms with Crippen molar-refractivity contribution in [1.29, 1.82) is 0 Å². The highest BCUT2D eigenvalue weighted by molar-refractivity contribution is 7.99. The van der Waals surface area contributed by atoms with Crippen LogP contribution in [0.5, 0.6) is 0 Å². The predicted molar refractivity (Wildman–Crippen MR) is 125 cm³/mol. The number of allylic oxidation sites excluding steroid dienone is 2. The molecule has 3 aromatic carbocycles. The van der Waals surface area contributed by atoms with Crippen molar-refractivity contribution in [2.45, 2.75) is 29.1 Å². The topological polar surface area (TPSA) is 41.5 Å². The molecule has 33 heavy (non-hydrogen) atoms. The van der Waals surface area contributed by atoms with Gasteiger partial charge in [-0.15, -0.1) is 0 Å². The number of carbonyl (C=O) groups is 1. The summed E-state index contributed by atoms with van der Waals surface area (Å²) in [5.74, 6) is -3.79. The highest BCUT2D eigenvalue weighted by Gasteiger charge is 2.24. The number of rotatable bonds is 6. The van der Waals surface area contributed by atoms with Gasteiger partial charge in [0.2, 0.25) is 0 Å². The lowest BCUT2D eigenvalue weighted by atomic mass is 10.0. The lowest BCUT2D eigenvalue weighted by Gasteiger charge is -2.12. The van der Waals surface area contributed by atoms with Crippen molar-refractivity contribution in [3.63, 3.8) is 0 Å². The fourth-order valence-corrected chi connectivity index (χ4v) is 4.51. The maximum absolute atomic E-state index is 13.9. The normalized spacial score (nSPS) is 13.2. The number of nitrogens with one attached hydrogen (secondary N) is 1. The van der Waals surface area contributed by atoms with Crippen LogP contribution in [-0.2, 0) is 0 Å². The summed E-state index contributed by atoms with van der Waals surface area (Å²) in [4.78, 5) is 19.2. The molecule has 0 saturated carbocycles. The van der Waals surface area contributed by atoms with Crippen LogP contribution in [0.25, 0.3) is 0 Å². The molecule has 4 rings (SSSR count). The molecule has 0 radical (unpaired) electrons. The van der Waals surface area contributed by atoms with Crippen molar-refractivity contribution < 1.29 is 18.0 Å². The van der Waals surface area contributed by atoms with Gasteiger partial charge >= 0.3 is 0 Å². The number of aliphatic imine (C=N–C) groups is 1. The van der Waals surface area contributed by atoms with Crippen LogP contribution in [-0.4, -0.2) is 24.1 Å². The zero-order valence-corrected chi connectivity index (χ0v) is 18.6. The van der Waals surface area contributed by atoms with Crippen molar-refractivity contribution in [1.82, 2.24) is 5.32 Å². The van der Waals surface area contributed by atoms with E-state index in [1.807, 2.05) is 24.3 Å². The lowest BCUT2D eigenvalue weighted by molar-refractivity contribution is 0.0455. The second kappa shape index (κ2) is 9.67. The Hall–Kier alpha value is -3.32. The molecular formula is C26H21F3N2OS. The van der Waals surface area contributed by atoms with Gasteiger partial charge in [0.05, 0.1) is 11.4 Å². The Morgan fingerprint density at radius 3 is 2.67 bits per heavy atom. The second-order valence-corrected chi connectivity index (χ2v) is 8.60. The van der Waals surface area contributed by atoms with Crippen LogP contribution >= 0.6 is 11.8 Å².